The van der Waals surface area contributed by atoms with Crippen molar-refractivity contribution in [3.63, 3.8) is 0 Å². The number of anilines is 1. The lowest BCUT2D eigenvalue weighted by molar-refractivity contribution is -0.121. The molecule has 0 aliphatic carbocycles. The lowest BCUT2D eigenvalue weighted by atomic mass is 10.2. The molecule has 0 fully saturated rings. The first kappa shape index (κ1) is 21.0. The van der Waals surface area contributed by atoms with Gasteiger partial charge in [-0.1, -0.05) is 18.2 Å². The van der Waals surface area contributed by atoms with Gasteiger partial charge in [-0.2, -0.15) is 0 Å². The molecule has 8 nitrogen and oxygen atoms in total. The fraction of sp³-hybridized carbons (Fsp3) is 0.364. The average molecular weight is 439 g/mol. The van der Waals surface area contributed by atoms with E-state index in [1.807, 2.05) is 34.0 Å². The Bertz CT molecular complexity index is 1240. The van der Waals surface area contributed by atoms with Crippen LogP contribution in [0.5, 0.6) is 0 Å². The summed E-state index contributed by atoms with van der Waals surface area (Å²) in [5, 5.41) is 13.3. The third-order valence-corrected chi connectivity index (χ3v) is 6.29. The van der Waals surface area contributed by atoms with Crippen LogP contribution in [0.15, 0.2) is 46.6 Å². The summed E-state index contributed by atoms with van der Waals surface area (Å²) in [4.78, 5) is 27.1. The molecule has 3 heterocycles. The highest BCUT2D eigenvalue weighted by Crippen LogP contribution is 2.19. The van der Waals surface area contributed by atoms with Crippen LogP contribution in [0.25, 0.3) is 16.0 Å². The Kier molecular flexibility index (Phi) is 6.31. The molecule has 162 valence electrons. The monoisotopic (exact) mass is 438 g/mol. The minimum absolute atomic E-state index is 0.00843. The molecular formula is C22H26N6O2S. The highest BCUT2D eigenvalue weighted by Gasteiger charge is 2.16. The molecule has 0 aliphatic heterocycles. The number of thiophene rings is 1. The van der Waals surface area contributed by atoms with Gasteiger partial charge >= 0.3 is 0 Å². The minimum Gasteiger partial charge on any atom is -0.372 e. The molecule has 0 saturated heterocycles. The largest absolute Gasteiger partial charge is 0.372 e. The zero-order chi connectivity index (χ0) is 21.8. The molecule has 0 bridgehead atoms. The Labute approximate surface area is 184 Å². The summed E-state index contributed by atoms with van der Waals surface area (Å²) in [5.74, 6) is 1.17. The fourth-order valence-corrected chi connectivity index (χ4v) is 4.59. The summed E-state index contributed by atoms with van der Waals surface area (Å²) in [5.41, 5.74) is 1.92. The van der Waals surface area contributed by atoms with Gasteiger partial charge in [-0.15, -0.1) is 21.5 Å². The molecule has 1 amide bonds. The van der Waals surface area contributed by atoms with E-state index in [4.69, 9.17) is 0 Å². The normalized spacial score (nSPS) is 11.3. The first-order valence-electron chi connectivity index (χ1n) is 10.5. The molecule has 3 aromatic heterocycles. The second-order valence-electron chi connectivity index (χ2n) is 7.37. The van der Waals surface area contributed by atoms with Crippen LogP contribution < -0.4 is 15.8 Å². The average Bonchev–Trinajstić information content (AvgIpc) is 3.44. The second-order valence-corrected chi connectivity index (χ2v) is 8.29. The Morgan fingerprint density at radius 3 is 2.77 bits per heavy atom. The number of para-hydroxylation sites is 1. The van der Waals surface area contributed by atoms with E-state index in [0.717, 1.165) is 25.0 Å². The van der Waals surface area contributed by atoms with Crippen LogP contribution in [-0.2, 0) is 18.3 Å². The van der Waals surface area contributed by atoms with Gasteiger partial charge in [-0.05, 0) is 36.9 Å². The molecule has 4 aromatic rings. The maximum absolute atomic E-state index is 12.4. The van der Waals surface area contributed by atoms with E-state index in [2.05, 4.69) is 39.5 Å². The molecule has 1 N–H and O–H groups in total. The zero-order valence-electron chi connectivity index (χ0n) is 17.7. The number of nitrogens with one attached hydrogen (secondary N) is 1. The van der Waals surface area contributed by atoms with Gasteiger partial charge in [0.1, 0.15) is 10.5 Å². The summed E-state index contributed by atoms with van der Waals surface area (Å²) in [6, 6.07) is 12.2. The first-order valence-corrected chi connectivity index (χ1v) is 11.3. The van der Waals surface area contributed by atoms with Crippen LogP contribution in [0.3, 0.4) is 0 Å². The third kappa shape index (κ3) is 4.32. The van der Waals surface area contributed by atoms with E-state index in [1.54, 1.807) is 7.05 Å². The van der Waals surface area contributed by atoms with Crippen molar-refractivity contribution in [1.29, 1.82) is 0 Å². The number of benzene rings is 1. The standard InChI is InChI=1S/C22H26N6O2S/c1-3-27(16-8-5-4-6-9-16)14-7-13-23-19(29)11-10-18-24-25-22-26(2)21(30)20-17(28(18)22)12-15-31-20/h4-6,8-9,12,15H,3,7,10-11,13-14H2,1-2H3,(H,23,29). The van der Waals surface area contributed by atoms with Crippen molar-refractivity contribution in [2.24, 2.45) is 7.05 Å². The van der Waals surface area contributed by atoms with Crippen molar-refractivity contribution < 1.29 is 4.79 Å². The molecule has 0 saturated carbocycles. The molecule has 1 aromatic carbocycles. The first-order chi connectivity index (χ1) is 15.1. The smallest absolute Gasteiger partial charge is 0.272 e. The summed E-state index contributed by atoms with van der Waals surface area (Å²) in [7, 11) is 1.69. The van der Waals surface area contributed by atoms with Crippen molar-refractivity contribution in [2.45, 2.75) is 26.2 Å². The number of rotatable bonds is 9. The number of fused-ring (bicyclic) bond motifs is 3. The molecule has 31 heavy (non-hydrogen) atoms. The predicted molar refractivity (Wildman–Crippen MR) is 124 cm³/mol. The van der Waals surface area contributed by atoms with Crippen LogP contribution in [0.4, 0.5) is 5.69 Å². The van der Waals surface area contributed by atoms with Gasteiger partial charge in [0.15, 0.2) is 0 Å². The van der Waals surface area contributed by atoms with Crippen LogP contribution in [-0.4, -0.2) is 44.7 Å². The number of aryl methyl sites for hydroxylation is 2. The van der Waals surface area contributed by atoms with Crippen molar-refractivity contribution in [1.82, 2.24) is 24.5 Å². The molecular weight excluding hydrogens is 412 g/mol. The molecule has 0 aliphatic rings. The summed E-state index contributed by atoms with van der Waals surface area (Å²) < 4.78 is 4.04. The van der Waals surface area contributed by atoms with Crippen LogP contribution >= 0.6 is 11.3 Å². The maximum atomic E-state index is 12.4. The van der Waals surface area contributed by atoms with Crippen molar-refractivity contribution >= 4 is 38.9 Å². The van der Waals surface area contributed by atoms with Crippen molar-refractivity contribution in [3.05, 3.63) is 58.0 Å². The van der Waals surface area contributed by atoms with Gasteiger partial charge in [0.2, 0.25) is 11.7 Å². The summed E-state index contributed by atoms with van der Waals surface area (Å²) in [6.45, 7) is 4.58. The van der Waals surface area contributed by atoms with Gasteiger partial charge in [0.05, 0.1) is 5.52 Å². The molecule has 4 rings (SSSR count). The van der Waals surface area contributed by atoms with E-state index in [1.165, 1.54) is 21.6 Å². The SMILES string of the molecule is CCN(CCCNC(=O)CCc1nnc2n(C)c(=O)c3sccc3n12)c1ccccc1. The van der Waals surface area contributed by atoms with Crippen LogP contribution in [0.2, 0.25) is 0 Å². The summed E-state index contributed by atoms with van der Waals surface area (Å²) in [6.07, 6.45) is 1.66. The zero-order valence-corrected chi connectivity index (χ0v) is 18.6. The molecule has 0 unspecified atom stereocenters. The Balaban J connectivity index is 1.32. The lowest BCUT2D eigenvalue weighted by Gasteiger charge is -2.23. The van der Waals surface area contributed by atoms with E-state index in [-0.39, 0.29) is 11.5 Å². The predicted octanol–water partition coefficient (Wildman–Crippen LogP) is 2.61. The highest BCUT2D eigenvalue weighted by atomic mass is 32.1. The van der Waals surface area contributed by atoms with Gasteiger partial charge in [-0.25, -0.2) is 0 Å². The number of aromatic nitrogens is 4. The summed E-state index contributed by atoms with van der Waals surface area (Å²) >= 11 is 1.40. The quantitative estimate of drug-likeness (QED) is 0.406. The molecule has 0 atom stereocenters. The Morgan fingerprint density at radius 1 is 1.19 bits per heavy atom. The second kappa shape index (κ2) is 9.30. The molecule has 0 radical (unpaired) electrons. The minimum atomic E-state index is -0.0779. The number of carbonyl (C=O) groups excluding carboxylic acids is 1. The topological polar surface area (TPSA) is 84.5 Å². The number of hydrogen-bond acceptors (Lipinski definition) is 6. The number of carbonyl (C=O) groups is 1. The van der Waals surface area contributed by atoms with E-state index < -0.39 is 0 Å². The van der Waals surface area contributed by atoms with E-state index >= 15 is 0 Å². The lowest BCUT2D eigenvalue weighted by Crippen LogP contribution is -2.30. The fourth-order valence-electron chi connectivity index (χ4n) is 3.73. The Morgan fingerprint density at radius 2 is 2.00 bits per heavy atom. The van der Waals surface area contributed by atoms with Crippen molar-refractivity contribution in [2.75, 3.05) is 24.5 Å². The van der Waals surface area contributed by atoms with E-state index in [0.29, 0.717) is 35.7 Å². The number of nitrogens with zero attached hydrogens (tertiary/aromatic N) is 5. The van der Waals surface area contributed by atoms with Gasteiger partial charge in [-0.3, -0.25) is 18.6 Å². The molecule has 9 heteroatoms. The maximum Gasteiger partial charge on any atom is 0.272 e. The van der Waals surface area contributed by atoms with E-state index in [9.17, 15) is 9.59 Å². The number of amides is 1. The third-order valence-electron chi connectivity index (χ3n) is 5.40. The van der Waals surface area contributed by atoms with Crippen LogP contribution in [0.1, 0.15) is 25.6 Å². The van der Waals surface area contributed by atoms with Crippen LogP contribution in [0, 0.1) is 0 Å². The Hall–Kier alpha value is -3.20. The van der Waals surface area contributed by atoms with Crippen molar-refractivity contribution in [3.8, 4) is 0 Å². The van der Waals surface area contributed by atoms with Gasteiger partial charge in [0, 0.05) is 45.2 Å². The van der Waals surface area contributed by atoms with Gasteiger partial charge < -0.3 is 10.2 Å². The van der Waals surface area contributed by atoms with Gasteiger partial charge in [0.25, 0.3) is 5.56 Å². The highest BCUT2D eigenvalue weighted by molar-refractivity contribution is 7.17. The molecule has 0 spiro atoms. The number of hydrogen-bond donors (Lipinski definition) is 1.